The molecule has 2 heterocycles. The molecule has 2 aromatic heterocycles. The Hall–Kier alpha value is -3.61. The summed E-state index contributed by atoms with van der Waals surface area (Å²) in [6.45, 7) is 0. The number of rotatable bonds is 3. The Kier molecular flexibility index (Phi) is 5.16. The zero-order chi connectivity index (χ0) is 21.2. The van der Waals surface area contributed by atoms with Crippen LogP contribution in [0.1, 0.15) is 16.8 Å². The number of nitrogens with zero attached hydrogens (tertiary/aromatic N) is 3. The molecule has 0 amide bonds. The summed E-state index contributed by atoms with van der Waals surface area (Å²) in [4.78, 5) is 7.28. The molecule has 0 radical (unpaired) electrons. The Morgan fingerprint density at radius 1 is 0.862 bits per heavy atom. The van der Waals surface area contributed by atoms with E-state index in [-0.39, 0.29) is 28.5 Å². The van der Waals surface area contributed by atoms with Gasteiger partial charge in [-0.2, -0.15) is 31.6 Å². The van der Waals surface area contributed by atoms with Crippen molar-refractivity contribution in [3.05, 3.63) is 71.5 Å². The highest BCUT2D eigenvalue weighted by Crippen LogP contribution is 2.33. The molecule has 0 saturated carbocycles. The molecule has 0 aliphatic rings. The predicted molar refractivity (Wildman–Crippen MR) is 88.7 cm³/mol. The van der Waals surface area contributed by atoms with Gasteiger partial charge in [-0.15, -0.1) is 0 Å². The summed E-state index contributed by atoms with van der Waals surface area (Å²) in [5.74, 6) is -0.411. The molecule has 0 atom stereocenters. The van der Waals surface area contributed by atoms with Gasteiger partial charge in [-0.25, -0.2) is 4.98 Å². The number of benzene rings is 1. The van der Waals surface area contributed by atoms with Gasteiger partial charge in [0.15, 0.2) is 0 Å². The summed E-state index contributed by atoms with van der Waals surface area (Å²) >= 11 is 0. The molecule has 0 N–H and O–H groups in total. The molecule has 0 saturated heterocycles. The predicted octanol–water partition coefficient (Wildman–Crippen LogP) is 5.85. The van der Waals surface area contributed by atoms with Crippen LogP contribution in [-0.4, -0.2) is 9.97 Å². The summed E-state index contributed by atoms with van der Waals surface area (Å²) in [5, 5.41) is 9.16. The van der Waals surface area contributed by atoms with E-state index in [1.807, 2.05) is 6.07 Å². The molecule has 10 heteroatoms. The fraction of sp³-hybridized carbons (Fsp3) is 0.105. The number of halogens is 6. The highest BCUT2D eigenvalue weighted by molar-refractivity contribution is 5.62. The molecule has 0 spiro atoms. The lowest BCUT2D eigenvalue weighted by Crippen LogP contribution is -2.07. The minimum Gasteiger partial charge on any atom is -0.439 e. The van der Waals surface area contributed by atoms with Crippen molar-refractivity contribution in [3.63, 3.8) is 0 Å². The normalized spacial score (nSPS) is 11.8. The molecule has 4 nitrogen and oxygen atoms in total. The molecule has 3 rings (SSSR count). The van der Waals surface area contributed by atoms with E-state index in [1.54, 1.807) is 0 Å². The van der Waals surface area contributed by atoms with Crippen LogP contribution in [0, 0.1) is 11.3 Å². The number of hydrogen-bond acceptors (Lipinski definition) is 4. The quantitative estimate of drug-likeness (QED) is 0.510. The fourth-order valence-corrected chi connectivity index (χ4v) is 2.35. The van der Waals surface area contributed by atoms with E-state index in [0.717, 1.165) is 18.3 Å². The third-order valence-electron chi connectivity index (χ3n) is 3.68. The standard InChI is InChI=1S/C19H9F6N3O/c20-18(21,22)13-3-1-12(2-4-13)15-7-11(10-26)8-17(28-15)29-14-5-6-27-16(9-14)19(23,24)25/h1-9H. The second-order valence-corrected chi connectivity index (χ2v) is 5.74. The minimum atomic E-state index is -4.67. The molecule has 0 aliphatic carbocycles. The summed E-state index contributed by atoms with van der Waals surface area (Å²) in [6, 6.07) is 10.3. The van der Waals surface area contributed by atoms with Crippen LogP contribution in [0.4, 0.5) is 26.3 Å². The van der Waals surface area contributed by atoms with Crippen molar-refractivity contribution in [1.29, 1.82) is 5.26 Å². The van der Waals surface area contributed by atoms with Gasteiger partial charge in [0.2, 0.25) is 5.88 Å². The van der Waals surface area contributed by atoms with Crippen LogP contribution in [0.15, 0.2) is 54.7 Å². The first-order valence-electron chi connectivity index (χ1n) is 7.87. The van der Waals surface area contributed by atoms with E-state index >= 15 is 0 Å². The van der Waals surface area contributed by atoms with Crippen molar-refractivity contribution in [2.45, 2.75) is 12.4 Å². The van der Waals surface area contributed by atoms with Gasteiger partial charge in [0.25, 0.3) is 0 Å². The molecule has 0 aliphatic heterocycles. The van der Waals surface area contributed by atoms with Gasteiger partial charge in [0.05, 0.1) is 22.9 Å². The lowest BCUT2D eigenvalue weighted by molar-refractivity contribution is -0.141. The summed E-state index contributed by atoms with van der Waals surface area (Å²) in [7, 11) is 0. The van der Waals surface area contributed by atoms with E-state index in [9.17, 15) is 26.3 Å². The molecular weight excluding hydrogens is 400 g/mol. The molecule has 1 aromatic carbocycles. The Balaban J connectivity index is 1.95. The molecule has 0 fully saturated rings. The second-order valence-electron chi connectivity index (χ2n) is 5.74. The maximum absolute atomic E-state index is 12.8. The number of pyridine rings is 2. The zero-order valence-corrected chi connectivity index (χ0v) is 14.2. The highest BCUT2D eigenvalue weighted by atomic mass is 19.4. The molecule has 29 heavy (non-hydrogen) atoms. The molecule has 0 bridgehead atoms. The lowest BCUT2D eigenvalue weighted by Gasteiger charge is -2.11. The van der Waals surface area contributed by atoms with E-state index in [1.165, 1.54) is 30.3 Å². The van der Waals surface area contributed by atoms with Crippen LogP contribution < -0.4 is 4.74 Å². The van der Waals surface area contributed by atoms with Crippen molar-refractivity contribution in [2.24, 2.45) is 0 Å². The maximum atomic E-state index is 12.8. The maximum Gasteiger partial charge on any atom is 0.433 e. The molecule has 148 valence electrons. The number of nitriles is 1. The van der Waals surface area contributed by atoms with E-state index in [2.05, 4.69) is 9.97 Å². The summed E-state index contributed by atoms with van der Waals surface area (Å²) < 4.78 is 81.7. The van der Waals surface area contributed by atoms with Crippen molar-refractivity contribution in [3.8, 4) is 29.0 Å². The summed E-state index contributed by atoms with van der Waals surface area (Å²) in [5.41, 5.74) is -1.57. The average Bonchev–Trinajstić information content (AvgIpc) is 2.66. The lowest BCUT2D eigenvalue weighted by atomic mass is 10.1. The van der Waals surface area contributed by atoms with Gasteiger partial charge in [-0.05, 0) is 24.3 Å². The Morgan fingerprint density at radius 2 is 1.55 bits per heavy atom. The molecule has 3 aromatic rings. The van der Waals surface area contributed by atoms with Gasteiger partial charge in [-0.1, -0.05) is 12.1 Å². The third kappa shape index (κ3) is 4.82. The van der Waals surface area contributed by atoms with Crippen molar-refractivity contribution < 1.29 is 31.1 Å². The van der Waals surface area contributed by atoms with Crippen LogP contribution in [-0.2, 0) is 12.4 Å². The first-order chi connectivity index (χ1) is 13.6. The third-order valence-corrected chi connectivity index (χ3v) is 3.68. The van der Waals surface area contributed by atoms with E-state index < -0.39 is 23.6 Å². The summed E-state index contributed by atoms with van der Waals surface area (Å²) in [6.07, 6.45) is -8.28. The molecule has 0 unspecified atom stereocenters. The van der Waals surface area contributed by atoms with E-state index in [0.29, 0.717) is 6.07 Å². The molecular formula is C19H9F6N3O. The monoisotopic (exact) mass is 409 g/mol. The number of hydrogen-bond donors (Lipinski definition) is 0. The van der Waals surface area contributed by atoms with Gasteiger partial charge >= 0.3 is 12.4 Å². The van der Waals surface area contributed by atoms with Crippen LogP contribution >= 0.6 is 0 Å². The topological polar surface area (TPSA) is 58.8 Å². The van der Waals surface area contributed by atoms with Crippen molar-refractivity contribution >= 4 is 0 Å². The Morgan fingerprint density at radius 3 is 2.14 bits per heavy atom. The number of aromatic nitrogens is 2. The van der Waals surface area contributed by atoms with Crippen LogP contribution in [0.2, 0.25) is 0 Å². The van der Waals surface area contributed by atoms with Crippen LogP contribution in [0.25, 0.3) is 11.3 Å². The van der Waals surface area contributed by atoms with Crippen LogP contribution in [0.3, 0.4) is 0 Å². The highest BCUT2D eigenvalue weighted by Gasteiger charge is 2.33. The van der Waals surface area contributed by atoms with Gasteiger partial charge in [0.1, 0.15) is 11.4 Å². The Bertz CT molecular complexity index is 1070. The van der Waals surface area contributed by atoms with Gasteiger partial charge in [-0.3, -0.25) is 4.98 Å². The van der Waals surface area contributed by atoms with Gasteiger partial charge < -0.3 is 4.74 Å². The second kappa shape index (κ2) is 7.43. The largest absolute Gasteiger partial charge is 0.439 e. The van der Waals surface area contributed by atoms with Gasteiger partial charge in [0, 0.05) is 23.9 Å². The zero-order valence-electron chi connectivity index (χ0n) is 14.2. The van der Waals surface area contributed by atoms with Crippen molar-refractivity contribution in [2.75, 3.05) is 0 Å². The smallest absolute Gasteiger partial charge is 0.433 e. The minimum absolute atomic E-state index is 0.0648. The Labute approximate surface area is 160 Å². The first-order valence-corrected chi connectivity index (χ1v) is 7.87. The van der Waals surface area contributed by atoms with Crippen LogP contribution in [0.5, 0.6) is 11.6 Å². The van der Waals surface area contributed by atoms with E-state index in [4.69, 9.17) is 10.00 Å². The SMILES string of the molecule is N#Cc1cc(Oc2ccnc(C(F)(F)F)c2)nc(-c2ccc(C(F)(F)F)cc2)c1. The first kappa shape index (κ1) is 20.1. The van der Waals surface area contributed by atoms with Crippen molar-refractivity contribution in [1.82, 2.24) is 9.97 Å². The average molecular weight is 409 g/mol. The number of ether oxygens (including phenoxy) is 1. The fourth-order valence-electron chi connectivity index (χ4n) is 2.35. The number of alkyl halides is 6.